The molecule has 0 saturated carbocycles. The van der Waals surface area contributed by atoms with Crippen molar-refractivity contribution in [1.82, 2.24) is 20.2 Å². The molecular weight excluding hydrogens is 352 g/mol. The van der Waals surface area contributed by atoms with E-state index in [2.05, 4.69) is 59.5 Å². The smallest absolute Gasteiger partial charge is 0.317 e. The minimum Gasteiger partial charge on any atom is -0.376 e. The molecule has 0 radical (unpaired) electrons. The van der Waals surface area contributed by atoms with Crippen LogP contribution in [0.25, 0.3) is 0 Å². The minimum absolute atomic E-state index is 0.00906. The van der Waals surface area contributed by atoms with Crippen molar-refractivity contribution < 1.29 is 9.53 Å². The number of aromatic nitrogens is 2. The summed E-state index contributed by atoms with van der Waals surface area (Å²) >= 11 is 0. The van der Waals surface area contributed by atoms with E-state index < -0.39 is 0 Å². The van der Waals surface area contributed by atoms with Gasteiger partial charge in [0.2, 0.25) is 0 Å². The van der Waals surface area contributed by atoms with E-state index in [1.807, 2.05) is 4.90 Å². The largest absolute Gasteiger partial charge is 0.376 e. The molecule has 0 bridgehead atoms. The highest BCUT2D eigenvalue weighted by Crippen LogP contribution is 2.43. The number of imidazole rings is 1. The van der Waals surface area contributed by atoms with E-state index in [1.165, 1.54) is 5.56 Å². The number of urea groups is 1. The van der Waals surface area contributed by atoms with Crippen LogP contribution >= 0.6 is 0 Å². The second kappa shape index (κ2) is 7.59. The number of nitrogens with zero attached hydrogens (tertiary/aromatic N) is 2. The van der Waals surface area contributed by atoms with Gasteiger partial charge in [-0.15, -0.1) is 0 Å². The number of carbonyl (C=O) groups excluding carboxylic acids is 1. The van der Waals surface area contributed by atoms with Gasteiger partial charge in [0, 0.05) is 31.5 Å². The zero-order valence-corrected chi connectivity index (χ0v) is 16.8. The van der Waals surface area contributed by atoms with Crippen molar-refractivity contribution in [1.29, 1.82) is 0 Å². The summed E-state index contributed by atoms with van der Waals surface area (Å²) < 4.78 is 5.99. The van der Waals surface area contributed by atoms with Gasteiger partial charge in [-0.3, -0.25) is 0 Å². The van der Waals surface area contributed by atoms with Crippen molar-refractivity contribution in [3.05, 3.63) is 53.6 Å². The summed E-state index contributed by atoms with van der Waals surface area (Å²) in [5, 5.41) is 3.16. The first-order chi connectivity index (χ1) is 13.5. The Bertz CT molecular complexity index is 817. The Balaban J connectivity index is 1.40. The summed E-state index contributed by atoms with van der Waals surface area (Å²) in [6.07, 6.45) is 5.38. The molecule has 2 aliphatic heterocycles. The Morgan fingerprint density at radius 2 is 2.14 bits per heavy atom. The molecular formula is C22H30N4O2. The maximum absolute atomic E-state index is 12.7. The number of benzene rings is 1. The Morgan fingerprint density at radius 3 is 2.93 bits per heavy atom. The zero-order valence-electron chi connectivity index (χ0n) is 16.8. The number of ether oxygens (including phenoxy) is 1. The Hall–Kier alpha value is -2.34. The molecule has 0 spiro atoms. The Labute approximate surface area is 166 Å². The number of rotatable bonds is 4. The fourth-order valence-electron chi connectivity index (χ4n) is 4.78. The number of fused-ring (bicyclic) bond motifs is 1. The van der Waals surface area contributed by atoms with Gasteiger partial charge in [0.05, 0.1) is 29.9 Å². The number of carbonyl (C=O) groups is 1. The lowest BCUT2D eigenvalue weighted by Crippen LogP contribution is -2.47. The predicted octanol–water partition coefficient (Wildman–Crippen LogP) is 3.39. The highest BCUT2D eigenvalue weighted by molar-refractivity contribution is 5.74. The predicted molar refractivity (Wildman–Crippen MR) is 108 cm³/mol. The van der Waals surface area contributed by atoms with Crippen LogP contribution in [0.3, 0.4) is 0 Å². The van der Waals surface area contributed by atoms with E-state index in [-0.39, 0.29) is 17.0 Å². The quantitative estimate of drug-likeness (QED) is 0.851. The number of amides is 2. The van der Waals surface area contributed by atoms with E-state index in [1.54, 1.807) is 6.33 Å². The molecule has 1 atom stereocenters. The minimum atomic E-state index is -0.151. The van der Waals surface area contributed by atoms with Gasteiger partial charge < -0.3 is 19.9 Å². The van der Waals surface area contributed by atoms with Crippen LogP contribution in [0.15, 0.2) is 36.7 Å². The number of H-pyrrole nitrogens is 1. The molecule has 150 valence electrons. The van der Waals surface area contributed by atoms with Crippen LogP contribution in [0.1, 0.15) is 50.1 Å². The van der Waals surface area contributed by atoms with Gasteiger partial charge in [-0.25, -0.2) is 9.78 Å². The van der Waals surface area contributed by atoms with Gasteiger partial charge in [0.25, 0.3) is 0 Å². The van der Waals surface area contributed by atoms with Gasteiger partial charge in [0.1, 0.15) is 0 Å². The van der Waals surface area contributed by atoms with Crippen molar-refractivity contribution in [2.75, 3.05) is 19.7 Å². The molecule has 2 amide bonds. The number of nitrogens with one attached hydrogen (secondary N) is 2. The summed E-state index contributed by atoms with van der Waals surface area (Å²) in [5.74, 6) is 0. The third-order valence-electron chi connectivity index (χ3n) is 6.17. The van der Waals surface area contributed by atoms with Crippen molar-refractivity contribution in [2.24, 2.45) is 0 Å². The third kappa shape index (κ3) is 3.92. The SMILES string of the molecule is CC1(C)C[C@](CCNC(=O)N2CCc3nc[nH]c3C2)(c2ccccc2)CCO1. The topological polar surface area (TPSA) is 70.2 Å². The fraction of sp³-hybridized carbons (Fsp3) is 0.545. The first-order valence-corrected chi connectivity index (χ1v) is 10.2. The Kier molecular flexibility index (Phi) is 5.15. The molecule has 1 saturated heterocycles. The summed E-state index contributed by atoms with van der Waals surface area (Å²) in [5.41, 5.74) is 3.36. The molecule has 6 nitrogen and oxygen atoms in total. The lowest BCUT2D eigenvalue weighted by molar-refractivity contribution is -0.0838. The van der Waals surface area contributed by atoms with E-state index in [4.69, 9.17) is 4.74 Å². The lowest BCUT2D eigenvalue weighted by atomic mass is 9.67. The van der Waals surface area contributed by atoms with E-state index in [9.17, 15) is 4.79 Å². The van der Waals surface area contributed by atoms with Gasteiger partial charge in [-0.1, -0.05) is 30.3 Å². The summed E-state index contributed by atoms with van der Waals surface area (Å²) in [6.45, 7) is 7.07. The van der Waals surface area contributed by atoms with Crippen LogP contribution in [0.2, 0.25) is 0 Å². The van der Waals surface area contributed by atoms with Gasteiger partial charge >= 0.3 is 6.03 Å². The first-order valence-electron chi connectivity index (χ1n) is 10.2. The molecule has 2 aliphatic rings. The standard InChI is InChI=1S/C22H30N4O2/c1-21(2)15-22(10-13-28-21,17-6-4-3-5-7-17)9-11-23-20(27)26-12-8-18-19(14-26)25-16-24-18/h3-7,16H,8-15H2,1-2H3,(H,23,27)(H,24,25)/t22-/m1/s1. The molecule has 0 unspecified atom stereocenters. The molecule has 28 heavy (non-hydrogen) atoms. The van der Waals surface area contributed by atoms with Crippen LogP contribution in [0.4, 0.5) is 4.79 Å². The van der Waals surface area contributed by atoms with E-state index in [0.717, 1.165) is 43.7 Å². The number of aromatic amines is 1. The number of hydrogen-bond acceptors (Lipinski definition) is 3. The summed E-state index contributed by atoms with van der Waals surface area (Å²) in [6, 6.07) is 10.7. The second-order valence-corrected chi connectivity index (χ2v) is 8.66. The van der Waals surface area contributed by atoms with Crippen LogP contribution in [0, 0.1) is 0 Å². The highest BCUT2D eigenvalue weighted by atomic mass is 16.5. The lowest BCUT2D eigenvalue weighted by Gasteiger charge is -2.45. The van der Waals surface area contributed by atoms with Gasteiger partial charge in [-0.2, -0.15) is 0 Å². The average Bonchev–Trinajstić information content (AvgIpc) is 3.15. The van der Waals surface area contributed by atoms with Crippen LogP contribution < -0.4 is 5.32 Å². The molecule has 4 rings (SSSR count). The third-order valence-corrected chi connectivity index (χ3v) is 6.17. The molecule has 0 aliphatic carbocycles. The van der Waals surface area contributed by atoms with Crippen LogP contribution in [-0.2, 0) is 23.1 Å². The second-order valence-electron chi connectivity index (χ2n) is 8.66. The van der Waals surface area contributed by atoms with Crippen LogP contribution in [-0.4, -0.2) is 46.2 Å². The van der Waals surface area contributed by atoms with Crippen molar-refractivity contribution in [2.45, 2.75) is 57.1 Å². The first kappa shape index (κ1) is 19.0. The van der Waals surface area contributed by atoms with Crippen molar-refractivity contribution in [3.63, 3.8) is 0 Å². The van der Waals surface area contributed by atoms with Gasteiger partial charge in [0.15, 0.2) is 0 Å². The molecule has 1 aromatic heterocycles. The molecule has 3 heterocycles. The van der Waals surface area contributed by atoms with Gasteiger partial charge in [-0.05, 0) is 38.7 Å². The fourth-order valence-corrected chi connectivity index (χ4v) is 4.78. The summed E-state index contributed by atoms with van der Waals surface area (Å²) in [4.78, 5) is 22.0. The maximum Gasteiger partial charge on any atom is 0.317 e. The molecule has 1 fully saturated rings. The Morgan fingerprint density at radius 1 is 1.32 bits per heavy atom. The van der Waals surface area contributed by atoms with Crippen molar-refractivity contribution in [3.8, 4) is 0 Å². The molecule has 2 aromatic rings. The molecule has 1 aromatic carbocycles. The monoisotopic (exact) mass is 382 g/mol. The summed E-state index contributed by atoms with van der Waals surface area (Å²) in [7, 11) is 0. The number of hydrogen-bond donors (Lipinski definition) is 2. The molecule has 2 N–H and O–H groups in total. The highest BCUT2D eigenvalue weighted by Gasteiger charge is 2.41. The van der Waals surface area contributed by atoms with E-state index >= 15 is 0 Å². The van der Waals surface area contributed by atoms with Crippen molar-refractivity contribution >= 4 is 6.03 Å². The zero-order chi connectivity index (χ0) is 19.6. The van der Waals surface area contributed by atoms with Crippen LogP contribution in [0.5, 0.6) is 0 Å². The average molecular weight is 383 g/mol. The van der Waals surface area contributed by atoms with E-state index in [0.29, 0.717) is 19.6 Å². The normalized spacial score (nSPS) is 23.9. The maximum atomic E-state index is 12.7. The molecule has 6 heteroatoms.